The lowest BCUT2D eigenvalue weighted by atomic mass is 10.0. The summed E-state index contributed by atoms with van der Waals surface area (Å²) in [6, 6.07) is 13.7. The highest BCUT2D eigenvalue weighted by molar-refractivity contribution is 5.95. The van der Waals surface area contributed by atoms with Crippen LogP contribution in [0.5, 0.6) is 11.5 Å². The van der Waals surface area contributed by atoms with Gasteiger partial charge in [0.15, 0.2) is 11.5 Å². The zero-order valence-corrected chi connectivity index (χ0v) is 14.5. The SMILES string of the molecule is CNCCc1ccccc1C(=O)NCCc1ccc2c(c1)OCCO2. The van der Waals surface area contributed by atoms with Crippen molar-refractivity contribution < 1.29 is 14.3 Å². The molecule has 0 unspecified atom stereocenters. The van der Waals surface area contributed by atoms with Crippen LogP contribution >= 0.6 is 0 Å². The molecule has 0 saturated heterocycles. The maximum absolute atomic E-state index is 12.5. The van der Waals surface area contributed by atoms with Crippen LogP contribution in [0.4, 0.5) is 0 Å². The summed E-state index contributed by atoms with van der Waals surface area (Å²) in [4.78, 5) is 12.5. The van der Waals surface area contributed by atoms with Crippen molar-refractivity contribution in [1.29, 1.82) is 0 Å². The number of hydrogen-bond donors (Lipinski definition) is 2. The maximum atomic E-state index is 12.5. The lowest BCUT2D eigenvalue weighted by Gasteiger charge is -2.19. The largest absolute Gasteiger partial charge is 0.486 e. The number of likely N-dealkylation sites (N-methyl/N-ethyl adjacent to an activating group) is 1. The van der Waals surface area contributed by atoms with Gasteiger partial charge in [-0.25, -0.2) is 0 Å². The fourth-order valence-electron chi connectivity index (χ4n) is 2.88. The average Bonchev–Trinajstić information content (AvgIpc) is 2.66. The van der Waals surface area contributed by atoms with Gasteiger partial charge in [0.1, 0.15) is 13.2 Å². The molecule has 2 N–H and O–H groups in total. The van der Waals surface area contributed by atoms with Crippen molar-refractivity contribution in [3.8, 4) is 11.5 Å². The van der Waals surface area contributed by atoms with Crippen molar-refractivity contribution in [3.63, 3.8) is 0 Å². The Balaban J connectivity index is 1.56. The van der Waals surface area contributed by atoms with Crippen molar-refractivity contribution >= 4 is 5.91 Å². The van der Waals surface area contributed by atoms with Gasteiger partial charge in [0.25, 0.3) is 5.91 Å². The summed E-state index contributed by atoms with van der Waals surface area (Å²) in [5.74, 6) is 1.55. The molecule has 5 nitrogen and oxygen atoms in total. The van der Waals surface area contributed by atoms with Gasteiger partial charge in [-0.3, -0.25) is 4.79 Å². The maximum Gasteiger partial charge on any atom is 0.251 e. The van der Waals surface area contributed by atoms with Gasteiger partial charge < -0.3 is 20.1 Å². The fraction of sp³-hybridized carbons (Fsp3) is 0.350. The molecule has 0 aromatic heterocycles. The molecule has 0 radical (unpaired) electrons. The molecule has 0 fully saturated rings. The molecule has 0 saturated carbocycles. The van der Waals surface area contributed by atoms with Gasteiger partial charge in [0.2, 0.25) is 0 Å². The van der Waals surface area contributed by atoms with E-state index >= 15 is 0 Å². The number of amides is 1. The van der Waals surface area contributed by atoms with E-state index in [0.29, 0.717) is 19.8 Å². The van der Waals surface area contributed by atoms with E-state index in [1.165, 1.54) is 0 Å². The summed E-state index contributed by atoms with van der Waals surface area (Å²) < 4.78 is 11.1. The molecular weight excluding hydrogens is 316 g/mol. The first kappa shape index (κ1) is 17.3. The highest BCUT2D eigenvalue weighted by atomic mass is 16.6. The molecule has 1 amide bonds. The monoisotopic (exact) mass is 340 g/mol. The second-order valence-electron chi connectivity index (χ2n) is 5.99. The summed E-state index contributed by atoms with van der Waals surface area (Å²) in [6.45, 7) is 2.60. The van der Waals surface area contributed by atoms with Gasteiger partial charge in [-0.1, -0.05) is 24.3 Å². The van der Waals surface area contributed by atoms with Crippen LogP contribution in [0.2, 0.25) is 0 Å². The number of rotatable bonds is 7. The second-order valence-corrected chi connectivity index (χ2v) is 5.99. The van der Waals surface area contributed by atoms with E-state index in [2.05, 4.69) is 10.6 Å². The molecule has 3 rings (SSSR count). The van der Waals surface area contributed by atoms with E-state index in [9.17, 15) is 4.79 Å². The van der Waals surface area contributed by atoms with Crippen LogP contribution in [0.3, 0.4) is 0 Å². The molecule has 0 bridgehead atoms. The fourth-order valence-corrected chi connectivity index (χ4v) is 2.88. The molecule has 1 aliphatic rings. The topological polar surface area (TPSA) is 59.6 Å². The summed E-state index contributed by atoms with van der Waals surface area (Å²) in [5.41, 5.74) is 2.93. The zero-order valence-electron chi connectivity index (χ0n) is 14.5. The Morgan fingerprint density at radius 1 is 1.00 bits per heavy atom. The number of benzene rings is 2. The minimum absolute atomic E-state index is 0.0238. The average molecular weight is 340 g/mol. The van der Waals surface area contributed by atoms with Crippen LogP contribution in [0.25, 0.3) is 0 Å². The molecule has 0 atom stereocenters. The van der Waals surface area contributed by atoms with Crippen LogP contribution < -0.4 is 20.1 Å². The van der Waals surface area contributed by atoms with Gasteiger partial charge in [-0.05, 0) is 55.8 Å². The molecule has 2 aromatic carbocycles. The Morgan fingerprint density at radius 3 is 2.64 bits per heavy atom. The lowest BCUT2D eigenvalue weighted by Crippen LogP contribution is -2.27. The summed E-state index contributed by atoms with van der Waals surface area (Å²) in [5, 5.41) is 6.13. The number of hydrogen-bond acceptors (Lipinski definition) is 4. The van der Waals surface area contributed by atoms with Crippen LogP contribution in [-0.2, 0) is 12.8 Å². The standard InChI is InChI=1S/C20H24N2O3/c1-21-10-9-16-4-2-3-5-17(16)20(23)22-11-8-15-6-7-18-19(14-15)25-13-12-24-18/h2-7,14,21H,8-13H2,1H3,(H,22,23). The van der Waals surface area contributed by atoms with E-state index in [-0.39, 0.29) is 5.91 Å². The number of ether oxygens (including phenoxy) is 2. The highest BCUT2D eigenvalue weighted by Crippen LogP contribution is 2.30. The number of carbonyl (C=O) groups is 1. The van der Waals surface area contributed by atoms with Gasteiger partial charge in [0.05, 0.1) is 0 Å². The third kappa shape index (κ3) is 4.51. The third-order valence-electron chi connectivity index (χ3n) is 4.21. The summed E-state index contributed by atoms with van der Waals surface area (Å²) in [7, 11) is 1.91. The third-order valence-corrected chi connectivity index (χ3v) is 4.21. The minimum atomic E-state index is -0.0238. The Labute approximate surface area is 148 Å². The minimum Gasteiger partial charge on any atom is -0.486 e. The van der Waals surface area contributed by atoms with Gasteiger partial charge in [-0.2, -0.15) is 0 Å². The molecular formula is C20H24N2O3. The second kappa shape index (κ2) is 8.53. The molecule has 0 spiro atoms. The first-order chi connectivity index (χ1) is 12.3. The molecule has 1 heterocycles. The van der Waals surface area contributed by atoms with E-state index in [0.717, 1.165) is 47.6 Å². The van der Waals surface area contributed by atoms with Crippen molar-refractivity contribution in [1.82, 2.24) is 10.6 Å². The molecule has 5 heteroatoms. The Morgan fingerprint density at radius 2 is 1.80 bits per heavy atom. The van der Waals surface area contributed by atoms with Crippen LogP contribution in [0.1, 0.15) is 21.5 Å². The van der Waals surface area contributed by atoms with E-state index in [4.69, 9.17) is 9.47 Å². The Kier molecular flexibility index (Phi) is 5.90. The van der Waals surface area contributed by atoms with Crippen molar-refractivity contribution in [2.75, 3.05) is 33.4 Å². The molecule has 132 valence electrons. The number of fused-ring (bicyclic) bond motifs is 1. The first-order valence-corrected chi connectivity index (χ1v) is 8.67. The van der Waals surface area contributed by atoms with E-state index in [1.807, 2.05) is 49.5 Å². The van der Waals surface area contributed by atoms with E-state index in [1.54, 1.807) is 0 Å². The predicted molar refractivity (Wildman–Crippen MR) is 97.5 cm³/mol. The van der Waals surface area contributed by atoms with Crippen LogP contribution in [0.15, 0.2) is 42.5 Å². The first-order valence-electron chi connectivity index (χ1n) is 8.67. The van der Waals surface area contributed by atoms with Crippen molar-refractivity contribution in [2.24, 2.45) is 0 Å². The molecule has 0 aliphatic carbocycles. The van der Waals surface area contributed by atoms with Crippen molar-refractivity contribution in [3.05, 3.63) is 59.2 Å². The van der Waals surface area contributed by atoms with Gasteiger partial charge in [-0.15, -0.1) is 0 Å². The zero-order chi connectivity index (χ0) is 17.5. The molecule has 2 aromatic rings. The smallest absolute Gasteiger partial charge is 0.251 e. The number of carbonyl (C=O) groups excluding carboxylic acids is 1. The van der Waals surface area contributed by atoms with Gasteiger partial charge in [0, 0.05) is 12.1 Å². The number of nitrogens with one attached hydrogen (secondary N) is 2. The Bertz CT molecular complexity index is 731. The molecule has 25 heavy (non-hydrogen) atoms. The lowest BCUT2D eigenvalue weighted by molar-refractivity contribution is 0.0953. The Hall–Kier alpha value is -2.53. The van der Waals surface area contributed by atoms with Gasteiger partial charge >= 0.3 is 0 Å². The normalized spacial score (nSPS) is 12.7. The van der Waals surface area contributed by atoms with Crippen LogP contribution in [-0.4, -0.2) is 39.3 Å². The summed E-state index contributed by atoms with van der Waals surface area (Å²) >= 11 is 0. The van der Waals surface area contributed by atoms with Crippen LogP contribution in [0, 0.1) is 0 Å². The summed E-state index contributed by atoms with van der Waals surface area (Å²) in [6.07, 6.45) is 1.59. The quantitative estimate of drug-likeness (QED) is 0.811. The van der Waals surface area contributed by atoms with E-state index < -0.39 is 0 Å². The predicted octanol–water partition coefficient (Wildman–Crippen LogP) is 2.19. The molecule has 1 aliphatic heterocycles. The highest BCUT2D eigenvalue weighted by Gasteiger charge is 2.13. The van der Waals surface area contributed by atoms with Crippen molar-refractivity contribution in [2.45, 2.75) is 12.8 Å².